The van der Waals surface area contributed by atoms with Crippen molar-refractivity contribution in [2.24, 2.45) is 5.92 Å². The van der Waals surface area contributed by atoms with Crippen LogP contribution < -0.4 is 4.74 Å². The van der Waals surface area contributed by atoms with Crippen LogP contribution in [0.1, 0.15) is 24.2 Å². The second-order valence-corrected chi connectivity index (χ2v) is 3.24. The first kappa shape index (κ1) is 9.71. The number of nitrogens with zero attached hydrogens (tertiary/aromatic N) is 1. The van der Waals surface area contributed by atoms with E-state index in [1.54, 1.807) is 12.3 Å². The number of rotatable bonds is 4. The van der Waals surface area contributed by atoms with Crippen LogP contribution in [0, 0.1) is 5.92 Å². The highest BCUT2D eigenvalue weighted by molar-refractivity contribution is 5.78. The van der Waals surface area contributed by atoms with Gasteiger partial charge in [0, 0.05) is 12.4 Å². The van der Waals surface area contributed by atoms with Crippen molar-refractivity contribution in [1.29, 1.82) is 0 Å². The second-order valence-electron chi connectivity index (χ2n) is 3.24. The van der Waals surface area contributed by atoms with E-state index in [1.807, 2.05) is 0 Å². The number of carbonyl (C=O) groups is 1. The van der Waals surface area contributed by atoms with Crippen LogP contribution in [0.25, 0.3) is 0 Å². The van der Waals surface area contributed by atoms with Gasteiger partial charge >= 0.3 is 0 Å². The molecule has 1 aromatic heterocycles. The Labute approximate surface area is 77.8 Å². The summed E-state index contributed by atoms with van der Waals surface area (Å²) in [6.07, 6.45) is 3.87. The highest BCUT2D eigenvalue weighted by atomic mass is 16.5. The number of aromatic nitrogens is 1. The Hall–Kier alpha value is -1.38. The molecule has 1 heterocycles. The van der Waals surface area contributed by atoms with Crippen molar-refractivity contribution in [2.45, 2.75) is 13.8 Å². The summed E-state index contributed by atoms with van der Waals surface area (Å²) >= 11 is 0. The summed E-state index contributed by atoms with van der Waals surface area (Å²) < 4.78 is 5.42. The van der Waals surface area contributed by atoms with Gasteiger partial charge in [-0.15, -0.1) is 0 Å². The fourth-order valence-electron chi connectivity index (χ4n) is 0.870. The normalized spacial score (nSPS) is 10.1. The van der Waals surface area contributed by atoms with Gasteiger partial charge in [-0.2, -0.15) is 0 Å². The maximum absolute atomic E-state index is 10.6. The average Bonchev–Trinajstić information content (AvgIpc) is 2.15. The number of hydrogen-bond donors (Lipinski definition) is 0. The summed E-state index contributed by atoms with van der Waals surface area (Å²) in [5, 5.41) is 0. The zero-order valence-electron chi connectivity index (χ0n) is 7.86. The molecular weight excluding hydrogens is 166 g/mol. The largest absolute Gasteiger partial charge is 0.492 e. The van der Waals surface area contributed by atoms with Crippen LogP contribution in [0.2, 0.25) is 0 Å². The topological polar surface area (TPSA) is 39.2 Å². The minimum Gasteiger partial charge on any atom is -0.492 e. The third-order valence-electron chi connectivity index (χ3n) is 1.51. The number of carbonyl (C=O) groups excluding carboxylic acids is 1. The molecule has 0 amide bonds. The minimum atomic E-state index is 0.452. The van der Waals surface area contributed by atoms with Gasteiger partial charge in [0.15, 0.2) is 6.29 Å². The van der Waals surface area contributed by atoms with Gasteiger partial charge in [0.25, 0.3) is 0 Å². The molecule has 0 aliphatic rings. The molecule has 70 valence electrons. The molecule has 0 atom stereocenters. The molecule has 3 nitrogen and oxygen atoms in total. The molecule has 0 aromatic carbocycles. The molecule has 13 heavy (non-hydrogen) atoms. The SMILES string of the molecule is CC(C)COc1ccncc1C=O. The fourth-order valence-corrected chi connectivity index (χ4v) is 0.870. The van der Waals surface area contributed by atoms with Crippen molar-refractivity contribution in [2.75, 3.05) is 6.61 Å². The fraction of sp³-hybridized carbons (Fsp3) is 0.400. The van der Waals surface area contributed by atoms with Crippen LogP contribution in [0.15, 0.2) is 18.5 Å². The highest BCUT2D eigenvalue weighted by Gasteiger charge is 2.02. The lowest BCUT2D eigenvalue weighted by Gasteiger charge is -2.09. The summed E-state index contributed by atoms with van der Waals surface area (Å²) in [6.45, 7) is 4.73. The standard InChI is InChI=1S/C10H13NO2/c1-8(2)7-13-10-3-4-11-5-9(10)6-12/h3-6,8H,7H2,1-2H3. The molecule has 0 bridgehead atoms. The van der Waals surface area contributed by atoms with Crippen molar-refractivity contribution in [3.63, 3.8) is 0 Å². The summed E-state index contributed by atoms with van der Waals surface area (Å²) in [6, 6.07) is 1.70. The molecule has 1 aromatic rings. The van der Waals surface area contributed by atoms with Gasteiger partial charge < -0.3 is 4.74 Å². The molecule has 3 heteroatoms. The van der Waals surface area contributed by atoms with Gasteiger partial charge in [0.2, 0.25) is 0 Å². The second kappa shape index (κ2) is 4.60. The molecule has 0 saturated heterocycles. The van der Waals surface area contributed by atoms with Gasteiger partial charge in [0.05, 0.1) is 12.2 Å². The minimum absolute atomic E-state index is 0.452. The predicted molar refractivity (Wildman–Crippen MR) is 50.0 cm³/mol. The first-order valence-corrected chi connectivity index (χ1v) is 4.26. The number of aldehydes is 1. The first-order chi connectivity index (χ1) is 6.24. The average molecular weight is 179 g/mol. The van der Waals surface area contributed by atoms with E-state index in [2.05, 4.69) is 18.8 Å². The first-order valence-electron chi connectivity index (χ1n) is 4.26. The maximum atomic E-state index is 10.6. The molecule has 0 aliphatic carbocycles. The number of pyridine rings is 1. The Morgan fingerprint density at radius 1 is 1.62 bits per heavy atom. The van der Waals surface area contributed by atoms with Gasteiger partial charge in [-0.3, -0.25) is 9.78 Å². The lowest BCUT2D eigenvalue weighted by molar-refractivity contribution is 0.111. The summed E-state index contributed by atoms with van der Waals surface area (Å²) in [4.78, 5) is 14.4. The van der Waals surface area contributed by atoms with E-state index < -0.39 is 0 Å². The monoisotopic (exact) mass is 179 g/mol. The van der Waals surface area contributed by atoms with Crippen molar-refractivity contribution < 1.29 is 9.53 Å². The van der Waals surface area contributed by atoms with Crippen LogP contribution in [0.3, 0.4) is 0 Å². The van der Waals surface area contributed by atoms with Crippen molar-refractivity contribution in [1.82, 2.24) is 4.98 Å². The molecule has 0 spiro atoms. The predicted octanol–water partition coefficient (Wildman–Crippen LogP) is 1.93. The van der Waals surface area contributed by atoms with Gasteiger partial charge in [-0.05, 0) is 12.0 Å². The molecule has 0 aliphatic heterocycles. The number of hydrogen-bond acceptors (Lipinski definition) is 3. The zero-order chi connectivity index (χ0) is 9.68. The van der Waals surface area contributed by atoms with Crippen LogP contribution in [-0.4, -0.2) is 17.9 Å². The third-order valence-corrected chi connectivity index (χ3v) is 1.51. The Kier molecular flexibility index (Phi) is 3.43. The van der Waals surface area contributed by atoms with Crippen molar-refractivity contribution in [3.05, 3.63) is 24.0 Å². The smallest absolute Gasteiger partial charge is 0.155 e. The summed E-state index contributed by atoms with van der Waals surface area (Å²) in [5.74, 6) is 1.06. The van der Waals surface area contributed by atoms with E-state index in [-0.39, 0.29) is 0 Å². The molecule has 1 rings (SSSR count). The Morgan fingerprint density at radius 2 is 2.38 bits per heavy atom. The van der Waals surface area contributed by atoms with E-state index >= 15 is 0 Å². The van der Waals surface area contributed by atoms with Gasteiger partial charge in [-0.25, -0.2) is 0 Å². The Bertz CT molecular complexity index is 284. The van der Waals surface area contributed by atoms with Gasteiger partial charge in [0.1, 0.15) is 5.75 Å². The quantitative estimate of drug-likeness (QED) is 0.663. The lowest BCUT2D eigenvalue weighted by atomic mass is 10.2. The lowest BCUT2D eigenvalue weighted by Crippen LogP contribution is -2.06. The van der Waals surface area contributed by atoms with E-state index in [0.717, 1.165) is 6.29 Å². The Balaban J connectivity index is 2.69. The molecule has 0 radical (unpaired) electrons. The molecule has 0 N–H and O–H groups in total. The van der Waals surface area contributed by atoms with Crippen LogP contribution in [-0.2, 0) is 0 Å². The number of ether oxygens (including phenoxy) is 1. The van der Waals surface area contributed by atoms with Crippen LogP contribution >= 0.6 is 0 Å². The summed E-state index contributed by atoms with van der Waals surface area (Å²) in [7, 11) is 0. The maximum Gasteiger partial charge on any atom is 0.155 e. The van der Waals surface area contributed by atoms with E-state index in [4.69, 9.17) is 4.74 Å². The molecule has 0 fully saturated rings. The van der Waals surface area contributed by atoms with E-state index in [0.29, 0.717) is 23.8 Å². The van der Waals surface area contributed by atoms with Crippen LogP contribution in [0.5, 0.6) is 5.75 Å². The van der Waals surface area contributed by atoms with Crippen molar-refractivity contribution >= 4 is 6.29 Å². The molecular formula is C10H13NO2. The molecule has 0 unspecified atom stereocenters. The van der Waals surface area contributed by atoms with Crippen molar-refractivity contribution in [3.8, 4) is 5.75 Å². The third kappa shape index (κ3) is 2.86. The zero-order valence-corrected chi connectivity index (χ0v) is 7.86. The van der Waals surface area contributed by atoms with Gasteiger partial charge in [-0.1, -0.05) is 13.8 Å². The summed E-state index contributed by atoms with van der Waals surface area (Å²) in [5.41, 5.74) is 0.503. The van der Waals surface area contributed by atoms with E-state index in [9.17, 15) is 4.79 Å². The van der Waals surface area contributed by atoms with Crippen LogP contribution in [0.4, 0.5) is 0 Å². The van der Waals surface area contributed by atoms with E-state index in [1.165, 1.54) is 6.20 Å². The highest BCUT2D eigenvalue weighted by Crippen LogP contribution is 2.14. The Morgan fingerprint density at radius 3 is 3.00 bits per heavy atom. The molecule has 0 saturated carbocycles.